The van der Waals surface area contributed by atoms with Crippen molar-refractivity contribution in [2.75, 3.05) is 5.73 Å². The summed E-state index contributed by atoms with van der Waals surface area (Å²) in [4.78, 5) is 4.38. The Labute approximate surface area is 114 Å². The third-order valence-corrected chi connectivity index (χ3v) is 3.60. The molecule has 19 heavy (non-hydrogen) atoms. The number of hydrogen-bond acceptors (Lipinski definition) is 5. The van der Waals surface area contributed by atoms with Crippen LogP contribution in [0.2, 0.25) is 0 Å². The van der Waals surface area contributed by atoms with Gasteiger partial charge in [0.15, 0.2) is 0 Å². The number of hydrogen-bond donors (Lipinski definition) is 2. The maximum atomic E-state index is 8.98. The average Bonchev–Trinajstić information content (AvgIpc) is 2.81. The van der Waals surface area contributed by atoms with Gasteiger partial charge in [0, 0.05) is 5.69 Å². The van der Waals surface area contributed by atoms with Crippen molar-refractivity contribution >= 4 is 27.2 Å². The molecule has 0 atom stereocenters. The lowest BCUT2D eigenvalue weighted by molar-refractivity contribution is 0.281. The van der Waals surface area contributed by atoms with Crippen molar-refractivity contribution in [3.05, 3.63) is 48.0 Å². The van der Waals surface area contributed by atoms with Crippen LogP contribution in [0.3, 0.4) is 0 Å². The minimum atomic E-state index is 0.0285. The maximum Gasteiger partial charge on any atom is 0.279 e. The van der Waals surface area contributed by atoms with Gasteiger partial charge in [0.2, 0.25) is 0 Å². The number of rotatable bonds is 3. The van der Waals surface area contributed by atoms with Crippen LogP contribution in [0.1, 0.15) is 5.56 Å². The lowest BCUT2D eigenvalue weighted by Gasteiger charge is -2.01. The first-order chi connectivity index (χ1) is 9.24. The number of benzene rings is 2. The normalized spacial score (nSPS) is 10.8. The monoisotopic (exact) mass is 272 g/mol. The van der Waals surface area contributed by atoms with E-state index in [-0.39, 0.29) is 6.61 Å². The minimum Gasteiger partial charge on any atom is -0.431 e. The van der Waals surface area contributed by atoms with Crippen molar-refractivity contribution in [3.8, 4) is 10.9 Å². The van der Waals surface area contributed by atoms with E-state index in [1.165, 1.54) is 11.3 Å². The van der Waals surface area contributed by atoms with E-state index in [1.54, 1.807) is 0 Å². The van der Waals surface area contributed by atoms with E-state index in [1.807, 2.05) is 42.5 Å². The zero-order valence-electron chi connectivity index (χ0n) is 10.0. The van der Waals surface area contributed by atoms with Crippen molar-refractivity contribution in [2.45, 2.75) is 6.61 Å². The molecule has 1 aromatic heterocycles. The van der Waals surface area contributed by atoms with Gasteiger partial charge in [0.1, 0.15) is 5.75 Å². The molecule has 0 aliphatic heterocycles. The van der Waals surface area contributed by atoms with Gasteiger partial charge >= 0.3 is 0 Å². The van der Waals surface area contributed by atoms with E-state index in [0.29, 0.717) is 10.9 Å². The molecule has 3 N–H and O–H groups in total. The molecule has 0 saturated carbocycles. The Hall–Kier alpha value is -2.11. The predicted octanol–water partition coefficient (Wildman–Crippen LogP) is 3.16. The van der Waals surface area contributed by atoms with Crippen LogP contribution in [0, 0.1) is 0 Å². The van der Waals surface area contributed by atoms with E-state index in [4.69, 9.17) is 15.6 Å². The average molecular weight is 272 g/mol. The molecule has 0 spiro atoms. The van der Waals surface area contributed by atoms with Gasteiger partial charge in [-0.05, 0) is 35.9 Å². The van der Waals surface area contributed by atoms with E-state index in [0.717, 1.165) is 21.5 Å². The molecular formula is C14H12N2O2S. The molecule has 0 bridgehead atoms. The molecule has 0 saturated heterocycles. The van der Waals surface area contributed by atoms with Crippen molar-refractivity contribution in [1.82, 2.24) is 4.98 Å². The van der Waals surface area contributed by atoms with Crippen LogP contribution in [0.5, 0.6) is 10.9 Å². The standard InChI is InChI=1S/C14H12N2O2S/c15-10-3-6-12-13(7-10)19-14(16-12)18-11-4-1-9(8-17)2-5-11/h1-7,17H,8,15H2. The number of nitrogens with zero attached hydrogens (tertiary/aromatic N) is 1. The maximum absolute atomic E-state index is 8.98. The number of thiazole rings is 1. The Morgan fingerprint density at radius 2 is 1.95 bits per heavy atom. The van der Waals surface area contributed by atoms with Crippen molar-refractivity contribution in [2.24, 2.45) is 0 Å². The number of aromatic nitrogens is 1. The van der Waals surface area contributed by atoms with Gasteiger partial charge in [-0.25, -0.2) is 4.98 Å². The number of anilines is 1. The zero-order chi connectivity index (χ0) is 13.2. The second-order valence-electron chi connectivity index (χ2n) is 4.11. The molecule has 5 heteroatoms. The molecule has 0 unspecified atom stereocenters. The highest BCUT2D eigenvalue weighted by atomic mass is 32.1. The van der Waals surface area contributed by atoms with Gasteiger partial charge in [-0.15, -0.1) is 0 Å². The number of aliphatic hydroxyl groups is 1. The number of nitrogens with two attached hydrogens (primary N) is 1. The molecule has 3 aromatic rings. The molecule has 0 aliphatic rings. The summed E-state index contributed by atoms with van der Waals surface area (Å²) in [6.07, 6.45) is 0. The Morgan fingerprint density at radius 1 is 1.16 bits per heavy atom. The molecule has 0 fully saturated rings. The summed E-state index contributed by atoms with van der Waals surface area (Å²) in [5.74, 6) is 0.698. The van der Waals surface area contributed by atoms with Crippen molar-refractivity contribution < 1.29 is 9.84 Å². The van der Waals surface area contributed by atoms with Crippen LogP contribution in [0.15, 0.2) is 42.5 Å². The lowest BCUT2D eigenvalue weighted by atomic mass is 10.2. The molecule has 96 valence electrons. The summed E-state index contributed by atoms with van der Waals surface area (Å²) < 4.78 is 6.69. The summed E-state index contributed by atoms with van der Waals surface area (Å²) in [6.45, 7) is 0.0285. The molecule has 0 radical (unpaired) electrons. The second-order valence-corrected chi connectivity index (χ2v) is 5.10. The lowest BCUT2D eigenvalue weighted by Crippen LogP contribution is -1.85. The molecule has 2 aromatic carbocycles. The summed E-state index contributed by atoms with van der Waals surface area (Å²) in [6, 6.07) is 12.8. The summed E-state index contributed by atoms with van der Waals surface area (Å²) >= 11 is 1.45. The van der Waals surface area contributed by atoms with Crippen molar-refractivity contribution in [3.63, 3.8) is 0 Å². The van der Waals surface area contributed by atoms with E-state index in [9.17, 15) is 0 Å². The van der Waals surface area contributed by atoms with E-state index >= 15 is 0 Å². The van der Waals surface area contributed by atoms with Gasteiger partial charge in [-0.3, -0.25) is 0 Å². The fourth-order valence-corrected chi connectivity index (χ4v) is 2.61. The summed E-state index contributed by atoms with van der Waals surface area (Å²) in [7, 11) is 0. The Balaban J connectivity index is 1.87. The third-order valence-electron chi connectivity index (χ3n) is 2.70. The Kier molecular flexibility index (Phi) is 3.06. The summed E-state index contributed by atoms with van der Waals surface area (Å²) in [5.41, 5.74) is 8.18. The number of nitrogen functional groups attached to an aromatic ring is 1. The fraction of sp³-hybridized carbons (Fsp3) is 0.0714. The third kappa shape index (κ3) is 2.52. The van der Waals surface area contributed by atoms with Crippen molar-refractivity contribution in [1.29, 1.82) is 0 Å². The minimum absolute atomic E-state index is 0.0285. The van der Waals surface area contributed by atoms with Crippen LogP contribution < -0.4 is 10.5 Å². The number of aliphatic hydroxyl groups excluding tert-OH is 1. The Morgan fingerprint density at radius 3 is 2.68 bits per heavy atom. The molecule has 1 heterocycles. The fourth-order valence-electron chi connectivity index (χ4n) is 1.73. The highest BCUT2D eigenvalue weighted by Gasteiger charge is 2.06. The number of fused-ring (bicyclic) bond motifs is 1. The molecule has 0 aliphatic carbocycles. The van der Waals surface area contributed by atoms with E-state index in [2.05, 4.69) is 4.98 Å². The first-order valence-corrected chi connectivity index (χ1v) is 6.60. The molecule has 4 nitrogen and oxygen atoms in total. The number of ether oxygens (including phenoxy) is 1. The van der Waals surface area contributed by atoms with E-state index < -0.39 is 0 Å². The van der Waals surface area contributed by atoms with Crippen LogP contribution in [0.4, 0.5) is 5.69 Å². The second kappa shape index (κ2) is 4.87. The zero-order valence-corrected chi connectivity index (χ0v) is 10.9. The van der Waals surface area contributed by atoms with Crippen LogP contribution in [-0.2, 0) is 6.61 Å². The van der Waals surface area contributed by atoms with Crippen LogP contribution >= 0.6 is 11.3 Å². The largest absolute Gasteiger partial charge is 0.431 e. The topological polar surface area (TPSA) is 68.4 Å². The van der Waals surface area contributed by atoms with Gasteiger partial charge in [-0.2, -0.15) is 0 Å². The predicted molar refractivity (Wildman–Crippen MR) is 76.5 cm³/mol. The quantitative estimate of drug-likeness (QED) is 0.719. The molecule has 3 rings (SSSR count). The summed E-state index contributed by atoms with van der Waals surface area (Å²) in [5, 5.41) is 9.56. The van der Waals surface area contributed by atoms with Gasteiger partial charge < -0.3 is 15.6 Å². The van der Waals surface area contributed by atoms with Gasteiger partial charge in [0.05, 0.1) is 16.8 Å². The highest BCUT2D eigenvalue weighted by Crippen LogP contribution is 2.32. The van der Waals surface area contributed by atoms with Gasteiger partial charge in [-0.1, -0.05) is 23.5 Å². The first kappa shape index (κ1) is 12.0. The first-order valence-electron chi connectivity index (χ1n) is 5.78. The van der Waals surface area contributed by atoms with Crippen LogP contribution in [0.25, 0.3) is 10.2 Å². The molecule has 0 amide bonds. The highest BCUT2D eigenvalue weighted by molar-refractivity contribution is 7.20. The van der Waals surface area contributed by atoms with Gasteiger partial charge in [0.25, 0.3) is 5.19 Å². The van der Waals surface area contributed by atoms with Crippen LogP contribution in [-0.4, -0.2) is 10.1 Å². The Bertz CT molecular complexity index is 707. The SMILES string of the molecule is Nc1ccc2nc(Oc3ccc(CO)cc3)sc2c1. The molecular weight excluding hydrogens is 260 g/mol. The smallest absolute Gasteiger partial charge is 0.279 e.